The first kappa shape index (κ1) is 22.1. The van der Waals surface area contributed by atoms with Crippen molar-refractivity contribution in [3.05, 3.63) is 12.1 Å². The Morgan fingerprint density at radius 2 is 1.30 bits per heavy atom. The minimum Gasteiger partial charge on any atom is -0.397 e. The number of hydrogen-bond acceptors (Lipinski definition) is 4. The maximum Gasteiger partial charge on any atom is 0.473 e. The van der Waals surface area contributed by atoms with E-state index in [4.69, 9.17) is 0 Å². The molecule has 0 aromatic carbocycles. The molecule has 0 saturated carbocycles. The summed E-state index contributed by atoms with van der Waals surface area (Å²) in [7, 11) is -6.18. The first-order chi connectivity index (χ1) is 10.2. The van der Waals surface area contributed by atoms with Gasteiger partial charge in [0.15, 0.2) is 0 Å². The fraction of sp³-hybridized carbons (Fsp3) is 0.778. The zero-order valence-corrected chi connectivity index (χ0v) is 12.3. The molecule has 138 valence electrons. The van der Waals surface area contributed by atoms with E-state index in [0.717, 1.165) is 13.8 Å². The van der Waals surface area contributed by atoms with Gasteiger partial charge in [-0.15, -0.1) is 0 Å². The molecule has 0 N–H and O–H groups in total. The van der Waals surface area contributed by atoms with Gasteiger partial charge in [-0.25, -0.2) is 0 Å². The first-order valence-corrected chi connectivity index (χ1v) is 7.16. The Kier molecular flexibility index (Phi) is 7.01. The minimum absolute atomic E-state index is 0.900. The Labute approximate surface area is 123 Å². The molecule has 0 aromatic heterocycles. The molecule has 4 nitrogen and oxygen atoms in total. The maximum absolute atomic E-state index is 13.6. The van der Waals surface area contributed by atoms with Gasteiger partial charge in [0, 0.05) is 0 Å². The number of ether oxygens (including phenoxy) is 1. The van der Waals surface area contributed by atoms with Crippen LogP contribution >= 0.6 is 7.60 Å². The zero-order chi connectivity index (χ0) is 18.7. The smallest absolute Gasteiger partial charge is 0.397 e. The van der Waals surface area contributed by atoms with Crippen LogP contribution in [0.25, 0.3) is 0 Å². The standard InChI is InChI=1S/C9H10F9O4P/c1-3-20-23(19,21-4-2)9(17,18)7(13,14)8(15,16)22-6(12)5(10)11/h3-4H2,1-2H3. The summed E-state index contributed by atoms with van der Waals surface area (Å²) >= 11 is 0. The molecule has 0 saturated heterocycles. The van der Waals surface area contributed by atoms with Crippen molar-refractivity contribution >= 4 is 7.60 Å². The second kappa shape index (κ2) is 7.31. The van der Waals surface area contributed by atoms with Crippen LogP contribution in [0.15, 0.2) is 12.1 Å². The van der Waals surface area contributed by atoms with Gasteiger partial charge in [0.1, 0.15) is 0 Å². The molecule has 0 fully saturated rings. The summed E-state index contributed by atoms with van der Waals surface area (Å²) in [5.41, 5.74) is -6.22. The molecule has 0 radical (unpaired) electrons. The lowest BCUT2D eigenvalue weighted by molar-refractivity contribution is -0.379. The van der Waals surface area contributed by atoms with Crippen molar-refractivity contribution < 1.29 is 57.9 Å². The lowest BCUT2D eigenvalue weighted by Gasteiger charge is -2.34. The normalized spacial score (nSPS) is 13.9. The largest absolute Gasteiger partial charge is 0.473 e. The van der Waals surface area contributed by atoms with Crippen molar-refractivity contribution in [2.24, 2.45) is 0 Å². The van der Waals surface area contributed by atoms with Crippen molar-refractivity contribution in [1.82, 2.24) is 0 Å². The molecular formula is C9H10F9O4P. The number of hydrogen-bond donors (Lipinski definition) is 0. The molecule has 0 aromatic rings. The predicted octanol–water partition coefficient (Wildman–Crippen LogP) is 5.13. The molecule has 23 heavy (non-hydrogen) atoms. The topological polar surface area (TPSA) is 44.8 Å². The van der Waals surface area contributed by atoms with Gasteiger partial charge in [0.25, 0.3) is 0 Å². The SMILES string of the molecule is CCOP(=O)(OCC)C(F)(F)C(F)(F)C(F)(F)OC(F)=C(F)F. The highest BCUT2D eigenvalue weighted by atomic mass is 31.2. The Morgan fingerprint density at radius 3 is 1.61 bits per heavy atom. The molecule has 0 unspecified atom stereocenters. The molecule has 0 aliphatic carbocycles. The average Bonchev–Trinajstić information content (AvgIpc) is 2.37. The molecule has 14 heteroatoms. The highest BCUT2D eigenvalue weighted by molar-refractivity contribution is 7.55. The third-order valence-electron chi connectivity index (χ3n) is 2.05. The van der Waals surface area contributed by atoms with Gasteiger partial charge in [-0.3, -0.25) is 4.57 Å². The molecule has 0 atom stereocenters. The molecule has 0 aliphatic heterocycles. The average molecular weight is 384 g/mol. The fourth-order valence-corrected chi connectivity index (χ4v) is 2.65. The molecule has 0 bridgehead atoms. The van der Waals surface area contributed by atoms with Crippen LogP contribution in [0.5, 0.6) is 0 Å². The van der Waals surface area contributed by atoms with Gasteiger partial charge in [0.2, 0.25) is 0 Å². The van der Waals surface area contributed by atoms with Crippen LogP contribution in [0.4, 0.5) is 39.5 Å². The van der Waals surface area contributed by atoms with Gasteiger partial charge in [-0.05, 0) is 13.8 Å². The van der Waals surface area contributed by atoms with Crippen molar-refractivity contribution in [2.75, 3.05) is 13.2 Å². The summed E-state index contributed by atoms with van der Waals surface area (Å²) in [5, 5.41) is 0. The highest BCUT2D eigenvalue weighted by Crippen LogP contribution is 2.69. The zero-order valence-electron chi connectivity index (χ0n) is 11.4. The lowest BCUT2D eigenvalue weighted by atomic mass is 10.3. The van der Waals surface area contributed by atoms with E-state index in [1.807, 2.05) is 0 Å². The first-order valence-electron chi connectivity index (χ1n) is 5.62. The summed E-state index contributed by atoms with van der Waals surface area (Å²) in [6.07, 6.45) is -10.1. The maximum atomic E-state index is 13.6. The summed E-state index contributed by atoms with van der Waals surface area (Å²) in [6.45, 7) is 0.0241. The second-order valence-corrected chi connectivity index (χ2v) is 5.67. The Hall–Kier alpha value is -0.940. The van der Waals surface area contributed by atoms with E-state index in [1.165, 1.54) is 0 Å². The molecule has 0 aliphatic rings. The van der Waals surface area contributed by atoms with E-state index in [-0.39, 0.29) is 0 Å². The fourth-order valence-electron chi connectivity index (χ4n) is 1.10. The van der Waals surface area contributed by atoms with E-state index in [2.05, 4.69) is 13.8 Å². The number of rotatable bonds is 9. The van der Waals surface area contributed by atoms with Crippen LogP contribution in [0.2, 0.25) is 0 Å². The third kappa shape index (κ3) is 4.13. The van der Waals surface area contributed by atoms with Gasteiger partial charge < -0.3 is 13.8 Å². The van der Waals surface area contributed by atoms with Crippen LogP contribution in [-0.2, 0) is 18.3 Å². The molecule has 0 amide bonds. The van der Waals surface area contributed by atoms with Crippen LogP contribution < -0.4 is 0 Å². The van der Waals surface area contributed by atoms with Gasteiger partial charge in [-0.1, -0.05) is 0 Å². The lowest BCUT2D eigenvalue weighted by Crippen LogP contribution is -2.55. The molecule has 0 heterocycles. The Morgan fingerprint density at radius 1 is 0.913 bits per heavy atom. The summed E-state index contributed by atoms with van der Waals surface area (Å²) in [5.74, 6) is -6.72. The van der Waals surface area contributed by atoms with Crippen LogP contribution in [0.3, 0.4) is 0 Å². The minimum atomic E-state index is -6.72. The van der Waals surface area contributed by atoms with Crippen molar-refractivity contribution in [1.29, 1.82) is 0 Å². The van der Waals surface area contributed by atoms with Crippen molar-refractivity contribution in [2.45, 2.75) is 31.5 Å². The monoisotopic (exact) mass is 384 g/mol. The molecule has 0 spiro atoms. The van der Waals surface area contributed by atoms with Crippen LogP contribution in [0, 0.1) is 0 Å². The summed E-state index contributed by atoms with van der Waals surface area (Å²) in [6, 6.07) is -3.51. The number of alkyl halides is 6. The van der Waals surface area contributed by atoms with Crippen LogP contribution in [-0.4, -0.2) is 30.9 Å². The Balaban J connectivity index is 5.93. The second-order valence-electron chi connectivity index (χ2n) is 3.60. The van der Waals surface area contributed by atoms with E-state index >= 15 is 0 Å². The van der Waals surface area contributed by atoms with Crippen LogP contribution in [0.1, 0.15) is 13.8 Å². The van der Waals surface area contributed by atoms with Gasteiger partial charge >= 0.3 is 37.4 Å². The van der Waals surface area contributed by atoms with E-state index in [1.54, 1.807) is 0 Å². The van der Waals surface area contributed by atoms with E-state index in [0.29, 0.717) is 0 Å². The van der Waals surface area contributed by atoms with Gasteiger partial charge in [-0.2, -0.15) is 39.5 Å². The summed E-state index contributed by atoms with van der Waals surface area (Å²) in [4.78, 5) is 0. The van der Waals surface area contributed by atoms with Crippen molar-refractivity contribution in [3.8, 4) is 0 Å². The van der Waals surface area contributed by atoms with Crippen molar-refractivity contribution in [3.63, 3.8) is 0 Å². The van der Waals surface area contributed by atoms with E-state index in [9.17, 15) is 44.1 Å². The third-order valence-corrected chi connectivity index (χ3v) is 4.22. The molecular weight excluding hydrogens is 374 g/mol. The Bertz CT molecular complexity index is 479. The molecule has 0 rings (SSSR count). The van der Waals surface area contributed by atoms with Gasteiger partial charge in [0.05, 0.1) is 13.2 Å². The van der Waals surface area contributed by atoms with E-state index < -0.39 is 50.6 Å². The quantitative estimate of drug-likeness (QED) is 0.314. The number of halogens is 9. The highest BCUT2D eigenvalue weighted by Gasteiger charge is 2.82. The predicted molar refractivity (Wildman–Crippen MR) is 57.1 cm³/mol. The summed E-state index contributed by atoms with van der Waals surface area (Å²) < 4.78 is 137.